The first-order valence-corrected chi connectivity index (χ1v) is 8.20. The number of hydrogen-bond donors (Lipinski definition) is 1. The molecule has 10 heteroatoms. The maximum absolute atomic E-state index is 12.5. The smallest absolute Gasteiger partial charge is 0.444 e. The van der Waals surface area contributed by atoms with Crippen LogP contribution in [0.1, 0.15) is 34.6 Å². The minimum atomic E-state index is -5.49. The van der Waals surface area contributed by atoms with E-state index in [4.69, 9.17) is 9.29 Å². The minimum Gasteiger partial charge on any atom is -0.444 e. The van der Waals surface area contributed by atoms with Crippen LogP contribution in [0.25, 0.3) is 0 Å². The van der Waals surface area contributed by atoms with Crippen molar-refractivity contribution < 1.29 is 35.6 Å². The Morgan fingerprint density at radius 1 is 1.35 bits per heavy atom. The second kappa shape index (κ2) is 5.97. The van der Waals surface area contributed by atoms with Crippen molar-refractivity contribution in [1.82, 2.24) is 4.90 Å². The van der Waals surface area contributed by atoms with Gasteiger partial charge in [-0.05, 0) is 31.1 Å². The number of amides is 1. The predicted molar refractivity (Wildman–Crippen MR) is 77.5 cm³/mol. The van der Waals surface area contributed by atoms with Crippen molar-refractivity contribution in [2.75, 3.05) is 13.1 Å². The molecule has 0 radical (unpaired) electrons. The summed E-state index contributed by atoms with van der Waals surface area (Å²) in [7, 11) is -5.49. The summed E-state index contributed by atoms with van der Waals surface area (Å²) in [5.41, 5.74) is -7.19. The van der Waals surface area contributed by atoms with Crippen LogP contribution in [0.2, 0.25) is 0 Å². The fourth-order valence-corrected chi connectivity index (χ4v) is 2.50. The van der Waals surface area contributed by atoms with Crippen LogP contribution in [-0.2, 0) is 23.6 Å². The van der Waals surface area contributed by atoms with Gasteiger partial charge in [0.1, 0.15) is 5.60 Å². The largest absolute Gasteiger partial charge is 0.650 e. The Morgan fingerprint density at radius 2 is 1.87 bits per heavy atom. The van der Waals surface area contributed by atoms with Gasteiger partial charge in [0.2, 0.25) is 0 Å². The molecule has 0 aromatic carbocycles. The highest BCUT2D eigenvalue weighted by Gasteiger charge is 2.64. The Balaban J connectivity index is 2.92. The molecule has 1 heterocycles. The zero-order valence-electron chi connectivity index (χ0n) is 13.6. The molecule has 0 saturated carbocycles. The molecule has 134 valence electrons. The lowest BCUT2D eigenvalue weighted by Gasteiger charge is -2.36. The molecule has 1 unspecified atom stereocenters. The molecule has 1 N–H and O–H groups in total. The van der Waals surface area contributed by atoms with Crippen LogP contribution in [0.4, 0.5) is 18.0 Å². The molecule has 0 aromatic heterocycles. The number of rotatable bonds is 2. The van der Waals surface area contributed by atoms with Crippen LogP contribution in [0, 0.1) is 5.41 Å². The number of nitrogens with zero attached hydrogens (tertiary/aromatic N) is 1. The van der Waals surface area contributed by atoms with Gasteiger partial charge < -0.3 is 9.64 Å². The van der Waals surface area contributed by atoms with E-state index < -0.39 is 33.1 Å². The van der Waals surface area contributed by atoms with E-state index in [0.29, 0.717) is 0 Å². The topological polar surface area (TPSA) is 76.1 Å². The molecule has 1 amide bonds. The molecule has 1 atom stereocenters. The van der Waals surface area contributed by atoms with Crippen LogP contribution in [0.15, 0.2) is 11.8 Å². The highest BCUT2D eigenvalue weighted by atomic mass is 32.3. The van der Waals surface area contributed by atoms with Gasteiger partial charge in [0, 0.05) is 18.5 Å². The van der Waals surface area contributed by atoms with Crippen molar-refractivity contribution in [2.24, 2.45) is 5.41 Å². The number of carbonyl (C=O) groups excluding carboxylic acids is 1. The van der Waals surface area contributed by atoms with Gasteiger partial charge in [-0.3, -0.25) is 0 Å². The minimum absolute atomic E-state index is 0.0128. The van der Waals surface area contributed by atoms with E-state index in [1.165, 1.54) is 24.8 Å². The summed E-state index contributed by atoms with van der Waals surface area (Å²) in [5, 5.41) is 0. The van der Waals surface area contributed by atoms with Crippen LogP contribution in [-0.4, -0.2) is 39.7 Å². The fourth-order valence-electron chi connectivity index (χ4n) is 1.87. The predicted octanol–water partition coefficient (Wildman–Crippen LogP) is 3.57. The Hall–Kier alpha value is -1.29. The first-order chi connectivity index (χ1) is 10.1. The first kappa shape index (κ1) is 19.8. The molecule has 1 aliphatic heterocycles. The molecule has 1 aliphatic rings. The lowest BCUT2D eigenvalue weighted by Crippen LogP contribution is -2.47. The number of carbonyl (C=O) groups is 1. The second-order valence-electron chi connectivity index (χ2n) is 6.82. The summed E-state index contributed by atoms with van der Waals surface area (Å²) in [4.78, 5) is 13.3. The molecule has 0 bridgehead atoms. The van der Waals surface area contributed by atoms with Gasteiger partial charge in [0.05, 0.1) is 0 Å². The van der Waals surface area contributed by atoms with E-state index in [1.54, 1.807) is 20.8 Å². The van der Waals surface area contributed by atoms with E-state index in [-0.39, 0.29) is 18.8 Å². The summed E-state index contributed by atoms with van der Waals surface area (Å²) < 4.78 is 67.2. The molecule has 0 spiro atoms. The van der Waals surface area contributed by atoms with E-state index in [2.05, 4.69) is 4.18 Å². The van der Waals surface area contributed by atoms with E-state index >= 15 is 0 Å². The van der Waals surface area contributed by atoms with Crippen LogP contribution >= 0.6 is 0 Å². The molecule has 0 aromatic rings. The van der Waals surface area contributed by atoms with Gasteiger partial charge in [-0.2, -0.15) is 0 Å². The van der Waals surface area contributed by atoms with Crippen molar-refractivity contribution in [1.29, 1.82) is 0 Å². The van der Waals surface area contributed by atoms with Gasteiger partial charge >= 0.3 is 22.1 Å². The number of halogens is 3. The summed E-state index contributed by atoms with van der Waals surface area (Å²) in [6.07, 6.45) is 0.552. The van der Waals surface area contributed by atoms with Gasteiger partial charge in [0.25, 0.3) is 0 Å². The fraction of sp³-hybridized carbons (Fsp3) is 0.769. The molecule has 23 heavy (non-hydrogen) atoms. The van der Waals surface area contributed by atoms with Gasteiger partial charge in [-0.1, -0.05) is 13.8 Å². The molecule has 0 fully saturated rings. The first-order valence-electron chi connectivity index (χ1n) is 6.76. The standard InChI is InChI=1S/C13H20F3NO5S/c1-11(2,3)21-10(18)17-7-6-9(12(4,5)8-17)22-23(19,20)13(14,15)16/h6H,7-8H2,1-5H3/p+1. The zero-order valence-corrected chi connectivity index (χ0v) is 14.4. The molecule has 0 aliphatic carbocycles. The highest BCUT2D eigenvalue weighted by molar-refractivity contribution is 7.94. The van der Waals surface area contributed by atoms with Gasteiger partial charge in [-0.25, -0.2) is 8.98 Å². The quantitative estimate of drug-likeness (QED) is 0.762. The molecular formula is C13H21F3NO5S+. The summed E-state index contributed by atoms with van der Waals surface area (Å²) in [5.74, 6) is -0.290. The Kier molecular flexibility index (Phi) is 5.13. The molecular weight excluding hydrogens is 339 g/mol. The monoisotopic (exact) mass is 360 g/mol. The zero-order chi connectivity index (χ0) is 18.3. The third-order valence-corrected chi connectivity index (χ3v) is 3.89. The number of hydrogen-bond acceptors (Lipinski definition) is 4. The van der Waals surface area contributed by atoms with Gasteiger partial charge in [0.15, 0.2) is 5.76 Å². The van der Waals surface area contributed by atoms with Crippen LogP contribution < -0.4 is 0 Å². The maximum Gasteiger partial charge on any atom is 0.650 e. The molecule has 0 saturated heterocycles. The second-order valence-corrected chi connectivity index (χ2v) is 8.40. The summed E-state index contributed by atoms with van der Waals surface area (Å²) >= 11 is 0. The lowest BCUT2D eigenvalue weighted by molar-refractivity contribution is -0.0622. The maximum atomic E-state index is 12.5. The highest BCUT2D eigenvalue weighted by Crippen LogP contribution is 2.39. The average molecular weight is 360 g/mol. The number of ether oxygens (including phenoxy) is 1. The lowest BCUT2D eigenvalue weighted by atomic mass is 9.87. The molecule has 1 rings (SSSR count). The van der Waals surface area contributed by atoms with Crippen LogP contribution in [0.5, 0.6) is 0 Å². The van der Waals surface area contributed by atoms with Crippen molar-refractivity contribution in [3.8, 4) is 0 Å². The third-order valence-electron chi connectivity index (χ3n) is 2.90. The van der Waals surface area contributed by atoms with E-state index in [9.17, 15) is 22.2 Å². The normalized spacial score (nSPS) is 21.3. The van der Waals surface area contributed by atoms with Crippen molar-refractivity contribution in [3.05, 3.63) is 11.8 Å². The SMILES string of the molecule is CC(C)(C)OC(=O)N1CC=C(O[S+](=O)(O)C(F)(F)F)C(C)(C)C1. The van der Waals surface area contributed by atoms with Crippen molar-refractivity contribution >= 4 is 16.6 Å². The van der Waals surface area contributed by atoms with Crippen molar-refractivity contribution in [3.63, 3.8) is 0 Å². The van der Waals surface area contributed by atoms with E-state index in [0.717, 1.165) is 0 Å². The average Bonchev–Trinajstić information content (AvgIpc) is 2.27. The molecule has 6 nitrogen and oxygen atoms in total. The van der Waals surface area contributed by atoms with Crippen molar-refractivity contribution in [2.45, 2.75) is 45.7 Å². The Labute approximate surface area is 134 Å². The summed E-state index contributed by atoms with van der Waals surface area (Å²) in [6, 6.07) is 0. The number of alkyl halides is 3. The Morgan fingerprint density at radius 3 is 2.26 bits per heavy atom. The third kappa shape index (κ3) is 5.10. The van der Waals surface area contributed by atoms with Gasteiger partial charge in [-0.15, -0.1) is 17.7 Å². The van der Waals surface area contributed by atoms with Crippen LogP contribution in [0.3, 0.4) is 0 Å². The summed E-state index contributed by atoms with van der Waals surface area (Å²) in [6.45, 7) is 7.97. The Bertz CT molecular complexity index is 551. The van der Waals surface area contributed by atoms with E-state index in [1.807, 2.05) is 0 Å².